The first-order chi connectivity index (χ1) is 11.3. The van der Waals surface area contributed by atoms with Gasteiger partial charge >= 0.3 is 0 Å². The van der Waals surface area contributed by atoms with E-state index in [9.17, 15) is 4.21 Å². The highest BCUT2D eigenvalue weighted by atomic mass is 127. The van der Waals surface area contributed by atoms with E-state index in [1.165, 1.54) is 0 Å². The molecule has 0 heterocycles. The minimum absolute atomic E-state index is 0. The van der Waals surface area contributed by atoms with E-state index in [4.69, 9.17) is 4.74 Å². The predicted octanol–water partition coefficient (Wildman–Crippen LogP) is 3.05. The number of hydrogen-bond donors (Lipinski definition) is 2. The van der Waals surface area contributed by atoms with Crippen LogP contribution >= 0.6 is 24.0 Å². The average molecular weight is 485 g/mol. The maximum atomic E-state index is 12.1. The summed E-state index contributed by atoms with van der Waals surface area (Å²) in [5.41, 5.74) is -0.0321. The number of rotatable bonds is 5. The fraction of sp³-hybridized carbons (Fsp3) is 0.944. The second kappa shape index (κ2) is 9.35. The van der Waals surface area contributed by atoms with Gasteiger partial charge in [-0.1, -0.05) is 27.2 Å². The van der Waals surface area contributed by atoms with Crippen LogP contribution < -0.4 is 10.6 Å². The Hall–Kier alpha value is 0.110. The molecule has 0 aromatic rings. The predicted molar refractivity (Wildman–Crippen MR) is 117 cm³/mol. The Balaban J connectivity index is 0.00000312. The van der Waals surface area contributed by atoms with E-state index < -0.39 is 10.8 Å². The summed E-state index contributed by atoms with van der Waals surface area (Å²) in [4.78, 5) is 4.41. The van der Waals surface area contributed by atoms with Gasteiger partial charge in [-0.3, -0.25) is 9.20 Å². The molecule has 7 heteroatoms. The van der Waals surface area contributed by atoms with Crippen LogP contribution in [0.25, 0.3) is 0 Å². The van der Waals surface area contributed by atoms with Crippen molar-refractivity contribution in [3.05, 3.63) is 0 Å². The molecule has 2 rings (SSSR count). The van der Waals surface area contributed by atoms with Crippen molar-refractivity contribution in [3.8, 4) is 0 Å². The summed E-state index contributed by atoms with van der Waals surface area (Å²) in [7, 11) is 2.92. The molecule has 5 unspecified atom stereocenters. The molecule has 0 aliphatic heterocycles. The Labute approximate surface area is 173 Å². The third kappa shape index (κ3) is 4.89. The minimum Gasteiger partial charge on any atom is -0.378 e. The normalized spacial score (nSPS) is 35.9. The Morgan fingerprint density at radius 1 is 1.28 bits per heavy atom. The zero-order valence-corrected chi connectivity index (χ0v) is 19.7. The smallest absolute Gasteiger partial charge is 0.191 e. The van der Waals surface area contributed by atoms with Crippen molar-refractivity contribution in [2.24, 2.45) is 10.4 Å². The number of aliphatic imine (C=N–C) groups is 1. The van der Waals surface area contributed by atoms with Crippen molar-refractivity contribution >= 4 is 40.7 Å². The first-order valence-electron chi connectivity index (χ1n) is 9.19. The fourth-order valence-corrected chi connectivity index (χ4v) is 5.35. The quantitative estimate of drug-likeness (QED) is 0.357. The lowest BCUT2D eigenvalue weighted by molar-refractivity contribution is -0.176. The van der Waals surface area contributed by atoms with E-state index in [0.717, 1.165) is 43.8 Å². The van der Waals surface area contributed by atoms with Crippen LogP contribution in [0.15, 0.2) is 4.99 Å². The average Bonchev–Trinajstić information content (AvgIpc) is 2.59. The standard InChI is InChI=1S/C18H35N3O2S.HI/c1-7-24(22)14-10-8-9-13(11-14)20-16(19-5)21-15-12-18(4,23-6)17(15,2)3;/h13-15H,7-12H2,1-6H3,(H2,19,20,21);1H. The summed E-state index contributed by atoms with van der Waals surface area (Å²) in [6.07, 6.45) is 5.31. The van der Waals surface area contributed by atoms with Gasteiger partial charge in [0.25, 0.3) is 0 Å². The van der Waals surface area contributed by atoms with Gasteiger partial charge in [-0.15, -0.1) is 24.0 Å². The Morgan fingerprint density at radius 2 is 1.96 bits per heavy atom. The summed E-state index contributed by atoms with van der Waals surface area (Å²) < 4.78 is 17.8. The van der Waals surface area contributed by atoms with Gasteiger partial charge in [-0.25, -0.2) is 0 Å². The zero-order valence-electron chi connectivity index (χ0n) is 16.6. The van der Waals surface area contributed by atoms with E-state index in [1.54, 1.807) is 7.11 Å². The first kappa shape index (κ1) is 23.1. The van der Waals surface area contributed by atoms with Crippen LogP contribution in [0.1, 0.15) is 59.8 Å². The number of nitrogens with zero attached hydrogens (tertiary/aromatic N) is 1. The summed E-state index contributed by atoms with van der Waals surface area (Å²) in [5.74, 6) is 1.62. The van der Waals surface area contributed by atoms with E-state index >= 15 is 0 Å². The summed E-state index contributed by atoms with van der Waals surface area (Å²) in [5, 5.41) is 7.46. The maximum Gasteiger partial charge on any atom is 0.191 e. The molecule has 0 radical (unpaired) electrons. The van der Waals surface area contributed by atoms with Crippen molar-refractivity contribution < 1.29 is 8.95 Å². The van der Waals surface area contributed by atoms with Crippen molar-refractivity contribution in [1.82, 2.24) is 10.6 Å². The van der Waals surface area contributed by atoms with Gasteiger partial charge in [0.15, 0.2) is 5.96 Å². The molecule has 0 spiro atoms. The second-order valence-electron chi connectivity index (χ2n) is 7.93. The largest absolute Gasteiger partial charge is 0.378 e. The highest BCUT2D eigenvalue weighted by molar-refractivity contribution is 14.0. The maximum absolute atomic E-state index is 12.1. The number of ether oxygens (including phenoxy) is 1. The molecule has 25 heavy (non-hydrogen) atoms. The molecule has 0 amide bonds. The van der Waals surface area contributed by atoms with Crippen LogP contribution in [0.3, 0.4) is 0 Å². The molecule has 0 aromatic carbocycles. The number of guanidine groups is 1. The molecule has 2 N–H and O–H groups in total. The number of halogens is 1. The highest BCUT2D eigenvalue weighted by Crippen LogP contribution is 2.51. The molecule has 2 aliphatic carbocycles. The van der Waals surface area contributed by atoms with Crippen LogP contribution in [-0.2, 0) is 15.5 Å². The SMILES string of the molecule is CCS(=O)C1CCCC(NC(=NC)NC2CC(C)(OC)C2(C)C)C1.I. The fourth-order valence-electron chi connectivity index (χ4n) is 4.00. The lowest BCUT2D eigenvalue weighted by Crippen LogP contribution is -2.69. The molecule has 0 aromatic heterocycles. The van der Waals surface area contributed by atoms with Crippen LogP contribution in [0, 0.1) is 5.41 Å². The van der Waals surface area contributed by atoms with E-state index in [2.05, 4.69) is 36.4 Å². The van der Waals surface area contributed by atoms with E-state index in [0.29, 0.717) is 17.3 Å². The molecule has 0 saturated heterocycles. The Kier molecular flexibility index (Phi) is 8.66. The Bertz CT molecular complexity index is 501. The highest BCUT2D eigenvalue weighted by Gasteiger charge is 2.58. The van der Waals surface area contributed by atoms with Crippen molar-refractivity contribution in [1.29, 1.82) is 0 Å². The summed E-state index contributed by atoms with van der Waals surface area (Å²) in [6, 6.07) is 0.709. The second-order valence-corrected chi connectivity index (χ2v) is 9.93. The van der Waals surface area contributed by atoms with Crippen molar-refractivity contribution in [2.75, 3.05) is 19.9 Å². The summed E-state index contributed by atoms with van der Waals surface area (Å²) >= 11 is 0. The molecule has 2 saturated carbocycles. The van der Waals surface area contributed by atoms with Gasteiger partial charge in [0.05, 0.1) is 5.60 Å². The van der Waals surface area contributed by atoms with Gasteiger partial charge in [-0.05, 0) is 32.6 Å². The molecule has 2 fully saturated rings. The molecule has 5 atom stereocenters. The van der Waals surface area contributed by atoms with Crippen LogP contribution in [0.4, 0.5) is 0 Å². The third-order valence-corrected chi connectivity index (χ3v) is 8.18. The Morgan fingerprint density at radius 3 is 2.48 bits per heavy atom. The molecular weight excluding hydrogens is 449 g/mol. The van der Waals surface area contributed by atoms with Gasteiger partial charge in [0.1, 0.15) is 0 Å². The number of nitrogens with one attached hydrogen (secondary N) is 2. The summed E-state index contributed by atoms with van der Waals surface area (Å²) in [6.45, 7) is 8.67. The van der Waals surface area contributed by atoms with Crippen LogP contribution in [0.5, 0.6) is 0 Å². The topological polar surface area (TPSA) is 62.7 Å². The monoisotopic (exact) mass is 485 g/mol. The van der Waals surface area contributed by atoms with Crippen LogP contribution in [0.2, 0.25) is 0 Å². The van der Waals surface area contributed by atoms with Gasteiger partial charge in [-0.2, -0.15) is 0 Å². The van der Waals surface area contributed by atoms with E-state index in [-0.39, 0.29) is 35.0 Å². The zero-order chi connectivity index (χ0) is 18.0. The molecule has 2 aliphatic rings. The van der Waals surface area contributed by atoms with Crippen LogP contribution in [-0.4, -0.2) is 53.0 Å². The third-order valence-electron chi connectivity index (χ3n) is 6.44. The molecule has 0 bridgehead atoms. The first-order valence-corrected chi connectivity index (χ1v) is 10.6. The van der Waals surface area contributed by atoms with Gasteiger partial charge in [0, 0.05) is 53.5 Å². The molecule has 148 valence electrons. The van der Waals surface area contributed by atoms with E-state index in [1.807, 2.05) is 14.0 Å². The van der Waals surface area contributed by atoms with Gasteiger partial charge in [0.2, 0.25) is 0 Å². The number of hydrogen-bond acceptors (Lipinski definition) is 3. The number of methoxy groups -OCH3 is 1. The molecular formula is C18H36IN3O2S. The van der Waals surface area contributed by atoms with Crippen molar-refractivity contribution in [2.45, 2.75) is 82.7 Å². The van der Waals surface area contributed by atoms with Crippen molar-refractivity contribution in [3.63, 3.8) is 0 Å². The minimum atomic E-state index is -0.693. The molecule has 5 nitrogen and oxygen atoms in total. The lowest BCUT2D eigenvalue weighted by atomic mass is 9.56. The van der Waals surface area contributed by atoms with Gasteiger partial charge < -0.3 is 15.4 Å². The lowest BCUT2D eigenvalue weighted by Gasteiger charge is -2.59.